The molecule has 0 aromatic heterocycles. The van der Waals surface area contributed by atoms with Gasteiger partial charge < -0.3 is 24.8 Å². The number of anilines is 1. The number of rotatable bonds is 8. The van der Waals surface area contributed by atoms with Crippen LogP contribution in [0.25, 0.3) is 0 Å². The van der Waals surface area contributed by atoms with E-state index in [2.05, 4.69) is 30.8 Å². The van der Waals surface area contributed by atoms with Gasteiger partial charge in [-0.05, 0) is 38.0 Å². The third kappa shape index (κ3) is 18.1. The first-order valence-corrected chi connectivity index (χ1v) is 12.9. The highest BCUT2D eigenvalue weighted by molar-refractivity contribution is 7.93. The fraction of sp³-hybridized carbons (Fsp3) is 0.500. The Morgan fingerprint density at radius 3 is 2.00 bits per heavy atom. The Morgan fingerprint density at radius 1 is 1.11 bits per heavy atom. The van der Waals surface area contributed by atoms with Crippen LogP contribution in [0.3, 0.4) is 0 Å². The molecule has 0 spiro atoms. The van der Waals surface area contributed by atoms with Crippen molar-refractivity contribution in [1.82, 2.24) is 0 Å². The number of methoxy groups -OCH3 is 1. The standard InChI is InChI=1S/C13H7ClF3NO2S.C7H16.C4H10O2.C2H6O/c14-8-2-1-6(3-11(8)21-20)13(19)18-7-4-9(15)12(17)10(16)5-7;1-4-5-6-7(2)3;1-4(5)3-6-2;1-2-3/h1-5,20H,(H,18,19);7H,4-6H2,1-3H3;4-5H,3H2,1-2H3;3H,2H2,1H3. The molecule has 0 bridgehead atoms. The van der Waals surface area contributed by atoms with Crippen molar-refractivity contribution in [3.05, 3.63) is 58.4 Å². The summed E-state index contributed by atoms with van der Waals surface area (Å²) in [5, 5.41) is 18.5. The zero-order valence-corrected chi connectivity index (χ0v) is 23.7. The Bertz CT molecular complexity index is 882. The topological polar surface area (TPSA) is 99.0 Å². The second-order valence-corrected chi connectivity index (χ2v) is 9.13. The number of halogens is 4. The van der Waals surface area contributed by atoms with Gasteiger partial charge in [0, 0.05) is 49.1 Å². The van der Waals surface area contributed by atoms with Gasteiger partial charge in [0.05, 0.1) is 22.6 Å². The SMILES string of the molecule is CCCCC(C)C.CCO.COCC(C)O.O=C(Nc1cc(F)c(F)c(F)c1)c1ccc(Cl)c(SO)c1. The Balaban J connectivity index is 0. The van der Waals surface area contributed by atoms with Crippen molar-refractivity contribution in [2.75, 3.05) is 25.6 Å². The minimum absolute atomic E-state index is 0.112. The number of benzene rings is 2. The van der Waals surface area contributed by atoms with Crippen LogP contribution < -0.4 is 5.32 Å². The zero-order valence-electron chi connectivity index (χ0n) is 22.2. The number of aliphatic hydroxyl groups is 2. The highest BCUT2D eigenvalue weighted by Crippen LogP contribution is 2.26. The van der Waals surface area contributed by atoms with Crippen LogP contribution in [0, 0.1) is 23.4 Å². The van der Waals surface area contributed by atoms with E-state index in [0.717, 1.165) is 5.92 Å². The van der Waals surface area contributed by atoms with Gasteiger partial charge in [-0.15, -0.1) is 0 Å². The van der Waals surface area contributed by atoms with Crippen molar-refractivity contribution in [3.8, 4) is 0 Å². The lowest BCUT2D eigenvalue weighted by Crippen LogP contribution is -2.12. The first-order valence-electron chi connectivity index (χ1n) is 11.7. The molecule has 0 heterocycles. The normalized spacial score (nSPS) is 10.8. The molecule has 212 valence electrons. The molecule has 37 heavy (non-hydrogen) atoms. The van der Waals surface area contributed by atoms with E-state index in [1.807, 2.05) is 0 Å². The largest absolute Gasteiger partial charge is 0.397 e. The fourth-order valence-electron chi connectivity index (χ4n) is 2.40. The van der Waals surface area contributed by atoms with Crippen LogP contribution in [0.5, 0.6) is 0 Å². The Kier molecular flexibility index (Phi) is 22.4. The molecular formula is C26H39ClF3NO5S. The van der Waals surface area contributed by atoms with Crippen molar-refractivity contribution in [2.45, 2.75) is 64.9 Å². The second kappa shape index (κ2) is 22.2. The summed E-state index contributed by atoms with van der Waals surface area (Å²) in [6.07, 6.45) is 3.82. The smallest absolute Gasteiger partial charge is 0.255 e. The lowest BCUT2D eigenvalue weighted by atomic mass is 10.1. The number of unbranched alkanes of at least 4 members (excludes halogenated alkanes) is 1. The minimum atomic E-state index is -1.61. The number of nitrogens with one attached hydrogen (secondary N) is 1. The predicted molar refractivity (Wildman–Crippen MR) is 145 cm³/mol. The van der Waals surface area contributed by atoms with Crippen molar-refractivity contribution in [1.29, 1.82) is 0 Å². The fourth-order valence-corrected chi connectivity index (χ4v) is 2.96. The Hall–Kier alpha value is -1.82. The van der Waals surface area contributed by atoms with E-state index in [9.17, 15) is 18.0 Å². The monoisotopic (exact) mass is 569 g/mol. The van der Waals surface area contributed by atoms with Crippen LogP contribution in [0.1, 0.15) is 64.2 Å². The van der Waals surface area contributed by atoms with Gasteiger partial charge in [-0.25, -0.2) is 13.2 Å². The summed E-state index contributed by atoms with van der Waals surface area (Å²) in [5.74, 6) is -4.22. The highest BCUT2D eigenvalue weighted by Gasteiger charge is 2.14. The van der Waals surface area contributed by atoms with Gasteiger partial charge >= 0.3 is 0 Å². The number of carbonyl (C=O) groups excluding carboxylic acids is 1. The average molecular weight is 570 g/mol. The van der Waals surface area contributed by atoms with Crippen LogP contribution in [-0.4, -0.2) is 47.1 Å². The number of hydrogen-bond acceptors (Lipinski definition) is 6. The summed E-state index contributed by atoms with van der Waals surface area (Å²) >= 11 is 6.13. The molecule has 2 aromatic rings. The summed E-state index contributed by atoms with van der Waals surface area (Å²) in [6, 6.07) is 5.38. The van der Waals surface area contributed by atoms with Crippen molar-refractivity contribution in [3.63, 3.8) is 0 Å². The van der Waals surface area contributed by atoms with E-state index >= 15 is 0 Å². The third-order valence-electron chi connectivity index (χ3n) is 4.08. The molecule has 0 saturated heterocycles. The molecule has 1 amide bonds. The number of amides is 1. The number of ether oxygens (including phenoxy) is 1. The van der Waals surface area contributed by atoms with E-state index in [1.165, 1.54) is 37.5 Å². The molecule has 6 nitrogen and oxygen atoms in total. The molecule has 0 saturated carbocycles. The molecule has 0 aliphatic heterocycles. The van der Waals surface area contributed by atoms with Crippen LogP contribution in [-0.2, 0) is 4.74 Å². The summed E-state index contributed by atoms with van der Waals surface area (Å²) in [6.45, 7) is 10.8. The van der Waals surface area contributed by atoms with Crippen molar-refractivity contribution in [2.24, 2.45) is 5.92 Å². The van der Waals surface area contributed by atoms with Gasteiger partial charge in [-0.1, -0.05) is 51.6 Å². The van der Waals surface area contributed by atoms with Gasteiger partial charge in [-0.2, -0.15) is 0 Å². The van der Waals surface area contributed by atoms with Crippen LogP contribution in [0.15, 0.2) is 35.2 Å². The first kappa shape index (κ1) is 37.3. The molecule has 0 aliphatic carbocycles. The van der Waals surface area contributed by atoms with Crippen molar-refractivity contribution < 1.29 is 37.5 Å². The minimum Gasteiger partial charge on any atom is -0.397 e. The molecule has 2 aromatic carbocycles. The van der Waals surface area contributed by atoms with Crippen LogP contribution in [0.2, 0.25) is 5.02 Å². The van der Waals surface area contributed by atoms with E-state index in [-0.39, 0.29) is 33.9 Å². The molecule has 0 fully saturated rings. The second-order valence-electron chi connectivity index (χ2n) is 8.10. The van der Waals surface area contributed by atoms with Gasteiger partial charge in [0.15, 0.2) is 17.5 Å². The third-order valence-corrected chi connectivity index (χ3v) is 5.05. The lowest BCUT2D eigenvalue weighted by Gasteiger charge is -2.08. The molecule has 0 aliphatic rings. The van der Waals surface area contributed by atoms with Gasteiger partial charge in [0.2, 0.25) is 0 Å². The maximum atomic E-state index is 13.0. The number of hydrogen-bond donors (Lipinski definition) is 4. The van der Waals surface area contributed by atoms with Gasteiger partial charge in [0.1, 0.15) is 0 Å². The average Bonchev–Trinajstić information content (AvgIpc) is 2.82. The van der Waals surface area contributed by atoms with Crippen LogP contribution in [0.4, 0.5) is 18.9 Å². The van der Waals surface area contributed by atoms with Gasteiger partial charge in [0.25, 0.3) is 5.91 Å². The molecule has 2 rings (SSSR count). The summed E-state index contributed by atoms with van der Waals surface area (Å²) in [7, 11) is 1.56. The molecule has 11 heteroatoms. The van der Waals surface area contributed by atoms with E-state index in [1.54, 1.807) is 21.0 Å². The highest BCUT2D eigenvalue weighted by atomic mass is 35.5. The lowest BCUT2D eigenvalue weighted by molar-refractivity contribution is 0.0765. The maximum Gasteiger partial charge on any atom is 0.255 e. The molecular weight excluding hydrogens is 531 g/mol. The Morgan fingerprint density at radius 2 is 1.65 bits per heavy atom. The molecule has 1 unspecified atom stereocenters. The number of aliphatic hydroxyl groups excluding tert-OH is 2. The summed E-state index contributed by atoms with van der Waals surface area (Å²) in [5.41, 5.74) is -0.120. The van der Waals surface area contributed by atoms with E-state index in [4.69, 9.17) is 26.4 Å². The molecule has 1 atom stereocenters. The van der Waals surface area contributed by atoms with Crippen LogP contribution >= 0.6 is 23.6 Å². The summed E-state index contributed by atoms with van der Waals surface area (Å²) < 4.78 is 52.4. The summed E-state index contributed by atoms with van der Waals surface area (Å²) in [4.78, 5) is 12.2. The maximum absolute atomic E-state index is 13.0. The quantitative estimate of drug-likeness (QED) is 0.195. The molecule has 4 N–H and O–H groups in total. The predicted octanol–water partition coefficient (Wildman–Crippen LogP) is 7.42. The first-order chi connectivity index (χ1) is 17.4. The van der Waals surface area contributed by atoms with Gasteiger partial charge in [-0.3, -0.25) is 4.79 Å². The Labute approximate surface area is 227 Å². The van der Waals surface area contributed by atoms with E-state index in [0.29, 0.717) is 30.8 Å². The number of carbonyl (C=O) groups is 1. The van der Waals surface area contributed by atoms with Crippen molar-refractivity contribution >= 4 is 35.2 Å². The zero-order chi connectivity index (χ0) is 29.0. The van der Waals surface area contributed by atoms with E-state index < -0.39 is 23.4 Å². The molecule has 0 radical (unpaired) electrons.